The number of hydrogen-bond acceptors (Lipinski definition) is 2. The Morgan fingerprint density at radius 1 is 0.298 bits per heavy atom. The summed E-state index contributed by atoms with van der Waals surface area (Å²) in [6.07, 6.45) is 0. The monoisotopic (exact) mass is 725 g/mol. The first kappa shape index (κ1) is 31.9. The van der Waals surface area contributed by atoms with Gasteiger partial charge in [-0.1, -0.05) is 164 Å². The van der Waals surface area contributed by atoms with Crippen LogP contribution in [0.1, 0.15) is 22.3 Å². The van der Waals surface area contributed by atoms with E-state index in [1.807, 2.05) is 12.1 Å². The van der Waals surface area contributed by atoms with E-state index in [1.54, 1.807) is 0 Å². The number of nitrogens with zero attached hydrogens (tertiary/aromatic N) is 1. The summed E-state index contributed by atoms with van der Waals surface area (Å²) in [4.78, 5) is 2.40. The molecule has 2 nitrogen and oxygen atoms in total. The Morgan fingerprint density at radius 2 is 0.737 bits per heavy atom. The lowest BCUT2D eigenvalue weighted by atomic mass is 9.68. The molecule has 1 aliphatic carbocycles. The van der Waals surface area contributed by atoms with Crippen LogP contribution in [0.4, 0.5) is 17.1 Å². The second kappa shape index (κ2) is 12.3. The van der Waals surface area contributed by atoms with Gasteiger partial charge in [0.1, 0.15) is 11.2 Å². The van der Waals surface area contributed by atoms with Crippen molar-refractivity contribution in [1.82, 2.24) is 0 Å². The van der Waals surface area contributed by atoms with Gasteiger partial charge in [-0.25, -0.2) is 0 Å². The lowest BCUT2D eigenvalue weighted by Gasteiger charge is -2.34. The maximum absolute atomic E-state index is 6.31. The molecule has 11 aromatic rings. The van der Waals surface area contributed by atoms with E-state index in [0.717, 1.165) is 39.0 Å². The molecule has 0 amide bonds. The van der Waals surface area contributed by atoms with Gasteiger partial charge in [0, 0.05) is 27.8 Å². The molecule has 12 rings (SSSR count). The van der Waals surface area contributed by atoms with Crippen LogP contribution in [0.2, 0.25) is 0 Å². The van der Waals surface area contributed by atoms with Crippen LogP contribution in [0.3, 0.4) is 0 Å². The van der Waals surface area contributed by atoms with E-state index in [1.165, 1.54) is 65.7 Å². The maximum Gasteiger partial charge on any atom is 0.135 e. The molecule has 1 aliphatic rings. The molecule has 0 aliphatic heterocycles. The molecule has 266 valence electrons. The summed E-state index contributed by atoms with van der Waals surface area (Å²) in [5, 5.41) is 9.77. The lowest BCUT2D eigenvalue weighted by Crippen LogP contribution is -2.28. The highest BCUT2D eigenvalue weighted by molar-refractivity contribution is 6.25. The predicted molar refractivity (Wildman–Crippen MR) is 238 cm³/mol. The smallest absolute Gasteiger partial charge is 0.135 e. The van der Waals surface area contributed by atoms with Crippen LogP contribution >= 0.6 is 0 Å². The zero-order valence-corrected chi connectivity index (χ0v) is 31.1. The van der Waals surface area contributed by atoms with Crippen molar-refractivity contribution in [3.8, 4) is 11.1 Å². The molecule has 1 heterocycles. The SMILES string of the molecule is c1ccc(C2(c3ccc(N(c4ccc5oc6ccccc6c5c4)c4ccc5c6ccccc6c6ccccc6c5c4)cc3)c3ccccc3-c3ccccc32)cc1. The number of benzene rings is 10. The molecule has 0 bridgehead atoms. The molecule has 0 saturated carbocycles. The summed E-state index contributed by atoms with van der Waals surface area (Å²) in [6.45, 7) is 0. The quantitative estimate of drug-likeness (QED) is 0.164. The fraction of sp³-hybridized carbons (Fsp3) is 0.0182. The third kappa shape index (κ3) is 4.59. The van der Waals surface area contributed by atoms with Gasteiger partial charge in [0.05, 0.1) is 5.41 Å². The second-order valence-corrected chi connectivity index (χ2v) is 15.2. The van der Waals surface area contributed by atoms with Crippen molar-refractivity contribution in [1.29, 1.82) is 0 Å². The number of para-hydroxylation sites is 1. The Bertz CT molecular complexity index is 3280. The van der Waals surface area contributed by atoms with Crippen LogP contribution in [-0.2, 0) is 5.41 Å². The van der Waals surface area contributed by atoms with Crippen molar-refractivity contribution in [2.24, 2.45) is 0 Å². The Labute approximate surface area is 330 Å². The van der Waals surface area contributed by atoms with Gasteiger partial charge in [-0.15, -0.1) is 0 Å². The van der Waals surface area contributed by atoms with E-state index in [4.69, 9.17) is 4.42 Å². The third-order valence-electron chi connectivity index (χ3n) is 12.3. The lowest BCUT2D eigenvalue weighted by molar-refractivity contribution is 0.669. The van der Waals surface area contributed by atoms with Gasteiger partial charge >= 0.3 is 0 Å². The molecule has 0 radical (unpaired) electrons. The minimum absolute atomic E-state index is 0.463. The summed E-state index contributed by atoms with van der Waals surface area (Å²) >= 11 is 0. The molecular weight excluding hydrogens is 691 g/mol. The first-order valence-electron chi connectivity index (χ1n) is 19.7. The van der Waals surface area contributed by atoms with Gasteiger partial charge in [0.25, 0.3) is 0 Å². The number of anilines is 3. The zero-order valence-electron chi connectivity index (χ0n) is 31.1. The predicted octanol–water partition coefficient (Wildman–Crippen LogP) is 14.9. The maximum atomic E-state index is 6.31. The number of rotatable bonds is 5. The number of fused-ring (bicyclic) bond motifs is 12. The summed E-state index contributed by atoms with van der Waals surface area (Å²) in [5.41, 5.74) is 12.3. The molecule has 0 N–H and O–H groups in total. The van der Waals surface area contributed by atoms with E-state index in [-0.39, 0.29) is 0 Å². The molecule has 1 aromatic heterocycles. The van der Waals surface area contributed by atoms with E-state index >= 15 is 0 Å². The first-order chi connectivity index (χ1) is 28.3. The highest BCUT2D eigenvalue weighted by Gasteiger charge is 2.45. The minimum atomic E-state index is -0.463. The topological polar surface area (TPSA) is 16.4 Å². The molecule has 0 atom stereocenters. The summed E-state index contributed by atoms with van der Waals surface area (Å²) in [5.74, 6) is 0. The average molecular weight is 726 g/mol. The summed E-state index contributed by atoms with van der Waals surface area (Å²) in [6, 6.07) is 77.7. The van der Waals surface area contributed by atoms with Crippen LogP contribution in [0, 0.1) is 0 Å². The van der Waals surface area contributed by atoms with Crippen LogP contribution < -0.4 is 4.90 Å². The summed E-state index contributed by atoms with van der Waals surface area (Å²) in [7, 11) is 0. The van der Waals surface area contributed by atoms with Gasteiger partial charge in [-0.2, -0.15) is 0 Å². The Hall–Kier alpha value is -7.42. The second-order valence-electron chi connectivity index (χ2n) is 15.2. The highest BCUT2D eigenvalue weighted by atomic mass is 16.3. The van der Waals surface area contributed by atoms with E-state index < -0.39 is 5.41 Å². The molecular formula is C55H35NO. The van der Waals surface area contributed by atoms with Crippen molar-refractivity contribution in [2.45, 2.75) is 5.41 Å². The van der Waals surface area contributed by atoms with Gasteiger partial charge in [-0.05, 0) is 114 Å². The van der Waals surface area contributed by atoms with Crippen molar-refractivity contribution in [3.63, 3.8) is 0 Å². The first-order valence-corrected chi connectivity index (χ1v) is 19.7. The number of furan rings is 1. The normalized spacial score (nSPS) is 13.1. The fourth-order valence-corrected chi connectivity index (χ4v) is 9.91. The van der Waals surface area contributed by atoms with Crippen LogP contribution in [0.5, 0.6) is 0 Å². The fourth-order valence-electron chi connectivity index (χ4n) is 9.91. The van der Waals surface area contributed by atoms with E-state index in [9.17, 15) is 0 Å². The van der Waals surface area contributed by atoms with Crippen LogP contribution in [0.15, 0.2) is 217 Å². The van der Waals surface area contributed by atoms with Gasteiger partial charge in [-0.3, -0.25) is 0 Å². The Morgan fingerprint density at radius 3 is 1.39 bits per heavy atom. The average Bonchev–Trinajstić information content (AvgIpc) is 3.81. The molecule has 0 spiro atoms. The molecule has 0 saturated heterocycles. The molecule has 57 heavy (non-hydrogen) atoms. The van der Waals surface area contributed by atoms with E-state index in [2.05, 4.69) is 205 Å². The van der Waals surface area contributed by atoms with Gasteiger partial charge < -0.3 is 9.32 Å². The molecule has 0 fully saturated rings. The Balaban J connectivity index is 1.10. The van der Waals surface area contributed by atoms with Crippen molar-refractivity contribution in [3.05, 3.63) is 235 Å². The molecule has 2 heteroatoms. The largest absolute Gasteiger partial charge is 0.456 e. The highest BCUT2D eigenvalue weighted by Crippen LogP contribution is 2.56. The van der Waals surface area contributed by atoms with Crippen molar-refractivity contribution in [2.75, 3.05) is 4.90 Å². The third-order valence-corrected chi connectivity index (χ3v) is 12.3. The number of hydrogen-bond donors (Lipinski definition) is 0. The minimum Gasteiger partial charge on any atom is -0.456 e. The summed E-state index contributed by atoms with van der Waals surface area (Å²) < 4.78 is 6.31. The Kier molecular flexibility index (Phi) is 6.88. The molecule has 0 unspecified atom stereocenters. The van der Waals surface area contributed by atoms with E-state index in [0.29, 0.717) is 0 Å². The van der Waals surface area contributed by atoms with Crippen molar-refractivity contribution >= 4 is 71.3 Å². The van der Waals surface area contributed by atoms with Gasteiger partial charge in [0.2, 0.25) is 0 Å². The van der Waals surface area contributed by atoms with Crippen molar-refractivity contribution < 1.29 is 4.42 Å². The molecule has 10 aromatic carbocycles. The standard InChI is InChI=1S/C55H35NO/c1-2-14-36(15-3-1)55(51-23-11-8-20-46(51)47-21-9-12-24-52(47)55)37-26-28-38(29-27-37)56(40-31-33-54-50(35-40)48-22-10-13-25-53(48)57-54)39-30-32-45-43-18-5-4-16-41(43)42-17-6-7-19-44(42)49(45)34-39/h1-35H. The zero-order chi connectivity index (χ0) is 37.5. The van der Waals surface area contributed by atoms with Crippen LogP contribution in [-0.4, -0.2) is 0 Å². The van der Waals surface area contributed by atoms with Gasteiger partial charge in [0.15, 0.2) is 0 Å². The van der Waals surface area contributed by atoms with Crippen LogP contribution in [0.25, 0.3) is 65.4 Å².